The van der Waals surface area contributed by atoms with Crippen LogP contribution >= 0.6 is 11.3 Å². The monoisotopic (exact) mass is 539 g/mol. The molecule has 1 aliphatic carbocycles. The Bertz CT molecular complexity index is 1550. The lowest BCUT2D eigenvalue weighted by molar-refractivity contribution is -0.167. The van der Waals surface area contributed by atoms with Crippen LogP contribution in [0, 0.1) is 0 Å². The Balaban J connectivity index is 0.999. The summed E-state index contributed by atoms with van der Waals surface area (Å²) in [5.41, 5.74) is 5.33. The normalized spacial score (nSPS) is 13.6. The number of hydroxylamine groups is 2. The van der Waals surface area contributed by atoms with Crippen molar-refractivity contribution in [3.05, 3.63) is 111 Å². The Labute approximate surface area is 227 Å². The van der Waals surface area contributed by atoms with Crippen molar-refractivity contribution in [1.29, 1.82) is 0 Å². The first-order chi connectivity index (χ1) is 19.0. The fourth-order valence-corrected chi connectivity index (χ4v) is 5.57. The van der Waals surface area contributed by atoms with Crippen molar-refractivity contribution < 1.29 is 28.8 Å². The van der Waals surface area contributed by atoms with Crippen LogP contribution in [0.25, 0.3) is 11.1 Å². The van der Waals surface area contributed by atoms with Gasteiger partial charge in [-0.3, -0.25) is 9.59 Å². The lowest BCUT2D eigenvalue weighted by Crippen LogP contribution is -2.33. The number of imide groups is 1. The van der Waals surface area contributed by atoms with E-state index in [9.17, 15) is 19.2 Å². The Morgan fingerprint density at radius 2 is 1.41 bits per heavy atom. The molecular formula is C29H21N3O6S. The third-order valence-corrected chi connectivity index (χ3v) is 7.50. The van der Waals surface area contributed by atoms with Crippen molar-refractivity contribution in [3.63, 3.8) is 0 Å². The number of aromatic nitrogens is 1. The average Bonchev–Trinajstić information content (AvgIpc) is 3.61. The van der Waals surface area contributed by atoms with E-state index in [1.54, 1.807) is 17.5 Å². The molecule has 0 fully saturated rings. The van der Waals surface area contributed by atoms with E-state index in [1.807, 2.05) is 24.3 Å². The molecule has 0 saturated heterocycles. The van der Waals surface area contributed by atoms with E-state index in [0.29, 0.717) is 15.8 Å². The zero-order chi connectivity index (χ0) is 26.9. The van der Waals surface area contributed by atoms with Crippen LogP contribution in [-0.2, 0) is 27.3 Å². The number of carbonyl (C=O) groups is 4. The van der Waals surface area contributed by atoms with Gasteiger partial charge in [-0.2, -0.15) is 0 Å². The summed E-state index contributed by atoms with van der Waals surface area (Å²) < 4.78 is 5.54. The van der Waals surface area contributed by atoms with Gasteiger partial charge < -0.3 is 14.9 Å². The third kappa shape index (κ3) is 4.66. The Hall–Kier alpha value is -4.83. The predicted octanol–water partition coefficient (Wildman–Crippen LogP) is 4.48. The van der Waals surface area contributed by atoms with E-state index in [0.717, 1.165) is 22.3 Å². The van der Waals surface area contributed by atoms with Crippen LogP contribution in [0.4, 0.5) is 4.79 Å². The molecule has 0 bridgehead atoms. The van der Waals surface area contributed by atoms with Crippen LogP contribution in [0.1, 0.15) is 48.5 Å². The van der Waals surface area contributed by atoms with Gasteiger partial charge in [-0.05, 0) is 34.4 Å². The maximum Gasteiger partial charge on any atom is 0.407 e. The molecule has 6 rings (SSSR count). The van der Waals surface area contributed by atoms with Crippen LogP contribution in [0.5, 0.6) is 0 Å². The number of benzene rings is 3. The van der Waals surface area contributed by atoms with E-state index in [4.69, 9.17) is 9.57 Å². The summed E-state index contributed by atoms with van der Waals surface area (Å²) in [5.74, 6) is -2.21. The van der Waals surface area contributed by atoms with Gasteiger partial charge in [0.1, 0.15) is 11.6 Å². The number of hydrogen-bond acceptors (Lipinski definition) is 8. The summed E-state index contributed by atoms with van der Waals surface area (Å²) >= 11 is 1.26. The highest BCUT2D eigenvalue weighted by atomic mass is 32.1. The second-order valence-corrected chi connectivity index (χ2v) is 9.94. The third-order valence-electron chi connectivity index (χ3n) is 6.60. The molecule has 1 N–H and O–H groups in total. The minimum atomic E-state index is -0.800. The average molecular weight is 540 g/mol. The number of carbonyl (C=O) groups excluding carboxylic acids is 4. The summed E-state index contributed by atoms with van der Waals surface area (Å²) in [6.45, 7) is 0.321. The van der Waals surface area contributed by atoms with E-state index in [-0.39, 0.29) is 36.6 Å². The van der Waals surface area contributed by atoms with Gasteiger partial charge in [0.15, 0.2) is 0 Å². The molecule has 3 amide bonds. The predicted molar refractivity (Wildman–Crippen MR) is 141 cm³/mol. The Kier molecular flexibility index (Phi) is 6.37. The lowest BCUT2D eigenvalue weighted by Gasteiger charge is -2.14. The summed E-state index contributed by atoms with van der Waals surface area (Å²) in [6.07, 6.45) is -0.812. The molecule has 4 aromatic rings. The fraction of sp³-hybridized carbons (Fsp3) is 0.138. The van der Waals surface area contributed by atoms with Gasteiger partial charge in [0.25, 0.3) is 11.8 Å². The van der Waals surface area contributed by atoms with E-state index in [2.05, 4.69) is 34.6 Å². The first-order valence-electron chi connectivity index (χ1n) is 12.2. The largest absolute Gasteiger partial charge is 0.449 e. The highest BCUT2D eigenvalue weighted by molar-refractivity contribution is 7.09. The standard InChI is InChI=1S/C29H21N3O6S/c33-26(38-32-27(34)22-11-5-6-12-23(22)28(32)35)13-17-16-39-25(31-17)14-30-29(36)37-15-24-20-9-3-1-7-18(20)19-8-2-4-10-21(19)24/h1-12,16,24H,13-15H2,(H,30,36). The second-order valence-electron chi connectivity index (χ2n) is 9.00. The number of hydrogen-bond donors (Lipinski definition) is 1. The zero-order valence-electron chi connectivity index (χ0n) is 20.5. The minimum absolute atomic E-state index is 0.0391. The molecule has 2 aliphatic rings. The Morgan fingerprint density at radius 3 is 2.03 bits per heavy atom. The number of amides is 3. The van der Waals surface area contributed by atoms with Gasteiger partial charge in [-0.25, -0.2) is 14.6 Å². The molecule has 0 radical (unpaired) electrons. The highest BCUT2D eigenvalue weighted by Gasteiger charge is 2.38. The number of fused-ring (bicyclic) bond motifs is 4. The van der Waals surface area contributed by atoms with E-state index >= 15 is 0 Å². The van der Waals surface area contributed by atoms with Gasteiger partial charge in [-0.1, -0.05) is 65.7 Å². The number of thiazole rings is 1. The summed E-state index contributed by atoms with van der Waals surface area (Å²) in [7, 11) is 0. The second kappa shape index (κ2) is 10.1. The highest BCUT2D eigenvalue weighted by Crippen LogP contribution is 2.44. The maximum atomic E-state index is 12.4. The molecule has 9 nitrogen and oxygen atoms in total. The first kappa shape index (κ1) is 24.5. The molecule has 0 unspecified atom stereocenters. The molecule has 0 saturated carbocycles. The van der Waals surface area contributed by atoms with Crippen molar-refractivity contribution in [2.45, 2.75) is 18.9 Å². The number of rotatable bonds is 7. The van der Waals surface area contributed by atoms with Gasteiger partial charge >= 0.3 is 12.1 Å². The van der Waals surface area contributed by atoms with Crippen molar-refractivity contribution >= 4 is 35.2 Å². The molecule has 1 aromatic heterocycles. The smallest absolute Gasteiger partial charge is 0.407 e. The van der Waals surface area contributed by atoms with Crippen LogP contribution < -0.4 is 5.32 Å². The molecule has 2 heterocycles. The number of ether oxygens (including phenoxy) is 1. The molecule has 1 aliphatic heterocycles. The van der Waals surface area contributed by atoms with Crippen molar-refractivity contribution in [2.75, 3.05) is 6.61 Å². The molecule has 0 atom stereocenters. The zero-order valence-corrected chi connectivity index (χ0v) is 21.3. The van der Waals surface area contributed by atoms with Gasteiger partial charge in [0.2, 0.25) is 0 Å². The Morgan fingerprint density at radius 1 is 0.846 bits per heavy atom. The van der Waals surface area contributed by atoms with Gasteiger partial charge in [0, 0.05) is 11.3 Å². The molecule has 194 valence electrons. The summed E-state index contributed by atoms with van der Waals surface area (Å²) in [6, 6.07) is 22.5. The molecule has 3 aromatic carbocycles. The molecular weight excluding hydrogens is 518 g/mol. The van der Waals surface area contributed by atoms with Gasteiger partial charge in [0.05, 0.1) is 29.8 Å². The summed E-state index contributed by atoms with van der Waals surface area (Å²) in [5, 5.41) is 5.38. The quantitative estimate of drug-likeness (QED) is 0.345. The van der Waals surface area contributed by atoms with Crippen LogP contribution in [0.3, 0.4) is 0 Å². The number of nitrogens with zero attached hydrogens (tertiary/aromatic N) is 2. The fourth-order valence-electron chi connectivity index (χ4n) is 4.84. The van der Waals surface area contributed by atoms with Gasteiger partial charge in [-0.15, -0.1) is 11.3 Å². The lowest BCUT2D eigenvalue weighted by atomic mass is 9.98. The van der Waals surface area contributed by atoms with Crippen LogP contribution in [0.2, 0.25) is 0 Å². The van der Waals surface area contributed by atoms with Crippen molar-refractivity contribution in [3.8, 4) is 11.1 Å². The van der Waals surface area contributed by atoms with Crippen molar-refractivity contribution in [2.24, 2.45) is 0 Å². The first-order valence-corrected chi connectivity index (χ1v) is 13.1. The molecule has 10 heteroatoms. The van der Waals surface area contributed by atoms with Crippen LogP contribution in [0.15, 0.2) is 78.2 Å². The number of alkyl carbamates (subject to hydrolysis) is 1. The maximum absolute atomic E-state index is 12.4. The van der Waals surface area contributed by atoms with E-state index < -0.39 is 23.9 Å². The topological polar surface area (TPSA) is 115 Å². The number of nitrogens with one attached hydrogen (secondary N) is 1. The van der Waals surface area contributed by atoms with Crippen LogP contribution in [-0.4, -0.2) is 40.5 Å². The SMILES string of the molecule is O=C(Cc1csc(CNC(=O)OCC2c3ccccc3-c3ccccc32)n1)ON1C(=O)c2ccccc2C1=O. The molecule has 0 spiro atoms. The summed E-state index contributed by atoms with van der Waals surface area (Å²) in [4.78, 5) is 58.9. The minimum Gasteiger partial charge on any atom is -0.449 e. The van der Waals surface area contributed by atoms with Crippen molar-refractivity contribution in [1.82, 2.24) is 15.4 Å². The molecule has 39 heavy (non-hydrogen) atoms. The van der Waals surface area contributed by atoms with E-state index in [1.165, 1.54) is 23.5 Å².